The number of hydrogen-bond acceptors (Lipinski definition) is 3. The number of Topliss-reactive ketones (excluding diaryl/α,β-unsaturated/α-hetero) is 1. The fourth-order valence-corrected chi connectivity index (χ4v) is 3.81. The van der Waals surface area contributed by atoms with E-state index in [9.17, 15) is 23.7 Å². The molecule has 0 radical (unpaired) electrons. The Balaban J connectivity index is 3.78. The Kier molecular flexibility index (Phi) is 4.32. The van der Waals surface area contributed by atoms with Crippen LogP contribution in [0, 0.1) is 0 Å². The molecule has 0 aliphatic carbocycles. The van der Waals surface area contributed by atoms with Crippen molar-refractivity contribution in [3.63, 3.8) is 0 Å². The SMILES string of the molecule is C=C(C)C(=O)c1cccc(P(=O)(O)O)c1P(=O)(O)O. The normalized spacial score (nSPS) is 12.3. The molecule has 0 saturated heterocycles. The van der Waals surface area contributed by atoms with E-state index in [2.05, 4.69) is 6.58 Å². The van der Waals surface area contributed by atoms with Gasteiger partial charge in [-0.3, -0.25) is 13.9 Å². The predicted molar refractivity (Wildman–Crippen MR) is 68.9 cm³/mol. The highest BCUT2D eigenvalue weighted by Crippen LogP contribution is 2.41. The molecule has 1 aromatic carbocycles. The molecule has 104 valence electrons. The highest BCUT2D eigenvalue weighted by Gasteiger charge is 2.35. The third kappa shape index (κ3) is 3.48. The van der Waals surface area contributed by atoms with Gasteiger partial charge < -0.3 is 19.6 Å². The van der Waals surface area contributed by atoms with Crippen molar-refractivity contribution in [1.29, 1.82) is 0 Å². The summed E-state index contributed by atoms with van der Waals surface area (Å²) in [6.45, 7) is 4.68. The van der Waals surface area contributed by atoms with Crippen LogP contribution < -0.4 is 10.6 Å². The molecule has 0 amide bonds. The molecule has 4 N–H and O–H groups in total. The summed E-state index contributed by atoms with van der Waals surface area (Å²) in [7, 11) is -9.96. The molecule has 0 unspecified atom stereocenters. The standard InChI is InChI=1S/C10H12O7P2/c1-6(2)9(11)7-4-3-5-8(18(12,13)14)10(7)19(15,16)17/h3-5H,1H2,2H3,(H2,12,13,14)(H2,15,16,17). The van der Waals surface area contributed by atoms with Crippen LogP contribution in [0.15, 0.2) is 30.4 Å². The van der Waals surface area contributed by atoms with E-state index >= 15 is 0 Å². The lowest BCUT2D eigenvalue weighted by Crippen LogP contribution is -2.30. The molecule has 1 rings (SSSR count). The minimum absolute atomic E-state index is 0.00226. The van der Waals surface area contributed by atoms with Gasteiger partial charge in [0.25, 0.3) is 0 Å². The second kappa shape index (κ2) is 5.13. The smallest absolute Gasteiger partial charge is 0.321 e. The Morgan fingerprint density at radius 3 is 2.00 bits per heavy atom. The maximum atomic E-state index is 11.8. The van der Waals surface area contributed by atoms with E-state index in [1.54, 1.807) is 0 Å². The van der Waals surface area contributed by atoms with E-state index in [0.29, 0.717) is 0 Å². The molecule has 0 atom stereocenters. The van der Waals surface area contributed by atoms with Crippen LogP contribution in [0.3, 0.4) is 0 Å². The number of benzene rings is 1. The van der Waals surface area contributed by atoms with E-state index in [4.69, 9.17) is 9.79 Å². The first-order chi connectivity index (χ1) is 8.46. The first-order valence-corrected chi connectivity index (χ1v) is 8.14. The summed E-state index contributed by atoms with van der Waals surface area (Å²) < 4.78 is 22.7. The molecule has 0 fully saturated rings. The van der Waals surface area contributed by atoms with Crippen molar-refractivity contribution < 1.29 is 33.5 Å². The predicted octanol–water partition coefficient (Wildman–Crippen LogP) is 0.0514. The van der Waals surface area contributed by atoms with Gasteiger partial charge in [0.2, 0.25) is 0 Å². The molecule has 0 spiro atoms. The molecule has 0 aliphatic heterocycles. The monoisotopic (exact) mass is 306 g/mol. The van der Waals surface area contributed by atoms with E-state index in [1.165, 1.54) is 6.92 Å². The summed E-state index contributed by atoms with van der Waals surface area (Å²) in [5.41, 5.74) is -0.459. The van der Waals surface area contributed by atoms with Gasteiger partial charge in [-0.25, -0.2) is 0 Å². The van der Waals surface area contributed by atoms with Crippen LogP contribution in [0.2, 0.25) is 0 Å². The average molecular weight is 306 g/mol. The lowest BCUT2D eigenvalue weighted by Gasteiger charge is -2.15. The molecule has 19 heavy (non-hydrogen) atoms. The van der Waals surface area contributed by atoms with Gasteiger partial charge in [-0.15, -0.1) is 0 Å². The number of carbonyl (C=O) groups is 1. The summed E-state index contributed by atoms with van der Waals surface area (Å²) in [6.07, 6.45) is 0. The van der Waals surface area contributed by atoms with Gasteiger partial charge in [0.15, 0.2) is 5.78 Å². The maximum Gasteiger partial charge on any atom is 0.357 e. The van der Waals surface area contributed by atoms with Crippen LogP contribution in [0.4, 0.5) is 0 Å². The van der Waals surface area contributed by atoms with E-state index in [-0.39, 0.29) is 5.57 Å². The van der Waals surface area contributed by atoms with Crippen LogP contribution in [0.1, 0.15) is 17.3 Å². The largest absolute Gasteiger partial charge is 0.357 e. The Morgan fingerprint density at radius 2 is 1.63 bits per heavy atom. The van der Waals surface area contributed by atoms with Crippen LogP contribution in [0.5, 0.6) is 0 Å². The molecule has 1 aromatic rings. The fraction of sp³-hybridized carbons (Fsp3) is 0.100. The number of hydrogen-bond donors (Lipinski definition) is 4. The first-order valence-electron chi connectivity index (χ1n) is 4.91. The summed E-state index contributed by atoms with van der Waals surface area (Å²) in [5, 5.41) is -1.80. The zero-order chi connectivity index (χ0) is 15.0. The fourth-order valence-electron chi connectivity index (χ4n) is 1.49. The molecule has 0 aromatic heterocycles. The van der Waals surface area contributed by atoms with Gasteiger partial charge in [0.05, 0.1) is 10.6 Å². The number of allylic oxidation sites excluding steroid dienone is 1. The third-order valence-electron chi connectivity index (χ3n) is 2.25. The van der Waals surface area contributed by atoms with Gasteiger partial charge in [-0.05, 0) is 18.6 Å². The quantitative estimate of drug-likeness (QED) is 0.351. The van der Waals surface area contributed by atoms with Gasteiger partial charge in [-0.2, -0.15) is 0 Å². The van der Waals surface area contributed by atoms with Crippen molar-refractivity contribution in [2.45, 2.75) is 6.92 Å². The van der Waals surface area contributed by atoms with Crippen molar-refractivity contribution in [1.82, 2.24) is 0 Å². The lowest BCUT2D eigenvalue weighted by molar-refractivity contribution is 0.103. The molecule has 0 bridgehead atoms. The van der Waals surface area contributed by atoms with Gasteiger partial charge >= 0.3 is 15.2 Å². The summed E-state index contributed by atoms with van der Waals surface area (Å²) in [4.78, 5) is 48.5. The van der Waals surface area contributed by atoms with Crippen molar-refractivity contribution in [2.75, 3.05) is 0 Å². The van der Waals surface area contributed by atoms with E-state index in [0.717, 1.165) is 18.2 Å². The Morgan fingerprint density at radius 1 is 1.11 bits per heavy atom. The van der Waals surface area contributed by atoms with Gasteiger partial charge in [-0.1, -0.05) is 18.7 Å². The van der Waals surface area contributed by atoms with Gasteiger partial charge in [0, 0.05) is 5.56 Å². The topological polar surface area (TPSA) is 132 Å². The average Bonchev–Trinajstić information content (AvgIpc) is 2.24. The van der Waals surface area contributed by atoms with Crippen LogP contribution >= 0.6 is 15.2 Å². The molecule has 0 saturated carbocycles. The van der Waals surface area contributed by atoms with Crippen LogP contribution in [-0.2, 0) is 9.13 Å². The van der Waals surface area contributed by atoms with Crippen molar-refractivity contribution in [3.05, 3.63) is 35.9 Å². The second-order valence-corrected chi connectivity index (χ2v) is 6.98. The van der Waals surface area contributed by atoms with E-state index in [1.807, 2.05) is 0 Å². The van der Waals surface area contributed by atoms with Crippen LogP contribution in [-0.4, -0.2) is 25.4 Å². The highest BCUT2D eigenvalue weighted by atomic mass is 31.2. The zero-order valence-corrected chi connectivity index (χ0v) is 11.6. The summed E-state index contributed by atoms with van der Waals surface area (Å²) >= 11 is 0. The Hall–Kier alpha value is -1.07. The van der Waals surface area contributed by atoms with Gasteiger partial charge in [0.1, 0.15) is 0 Å². The summed E-state index contributed by atoms with van der Waals surface area (Å²) in [6, 6.07) is 3.11. The number of ketones is 1. The molecule has 9 heteroatoms. The molecule has 0 aliphatic rings. The van der Waals surface area contributed by atoms with Crippen molar-refractivity contribution in [2.24, 2.45) is 0 Å². The molecular formula is C10H12O7P2. The van der Waals surface area contributed by atoms with Crippen molar-refractivity contribution in [3.8, 4) is 0 Å². The highest BCUT2D eigenvalue weighted by molar-refractivity contribution is 7.67. The molecule has 0 heterocycles. The third-order valence-corrected chi connectivity index (χ3v) is 4.49. The minimum Gasteiger partial charge on any atom is -0.321 e. The molecular weight excluding hydrogens is 294 g/mol. The number of rotatable bonds is 4. The maximum absolute atomic E-state index is 11.8. The van der Waals surface area contributed by atoms with Crippen molar-refractivity contribution >= 4 is 31.6 Å². The minimum atomic E-state index is -5.04. The molecule has 7 nitrogen and oxygen atoms in total. The van der Waals surface area contributed by atoms with Crippen LogP contribution in [0.25, 0.3) is 0 Å². The first kappa shape index (κ1) is 16.0. The Labute approximate surface area is 108 Å². The number of carbonyl (C=O) groups excluding carboxylic acids is 1. The van der Waals surface area contributed by atoms with E-state index < -0.39 is 37.1 Å². The Bertz CT molecular complexity index is 637. The second-order valence-electron chi connectivity index (χ2n) is 3.87. The summed E-state index contributed by atoms with van der Waals surface area (Å²) in [5.74, 6) is -0.784. The zero-order valence-electron chi connectivity index (χ0n) is 9.85. The lowest BCUT2D eigenvalue weighted by atomic mass is 10.1.